The van der Waals surface area contributed by atoms with Crippen LogP contribution in [-0.2, 0) is 0 Å². The molecule has 0 aliphatic rings. The van der Waals surface area contributed by atoms with E-state index in [4.69, 9.17) is 27.9 Å². The van der Waals surface area contributed by atoms with Gasteiger partial charge in [0.15, 0.2) is 0 Å². The van der Waals surface area contributed by atoms with Crippen molar-refractivity contribution in [3.63, 3.8) is 0 Å². The molecule has 0 saturated carbocycles. The first-order chi connectivity index (χ1) is 9.56. The zero-order chi connectivity index (χ0) is 14.7. The van der Waals surface area contributed by atoms with Gasteiger partial charge in [-0.25, -0.2) is 0 Å². The third kappa shape index (κ3) is 3.49. The average Bonchev–Trinajstić information content (AvgIpc) is 2.76. The fourth-order valence-electron chi connectivity index (χ4n) is 2.00. The van der Waals surface area contributed by atoms with Gasteiger partial charge in [0, 0.05) is 19.9 Å². The van der Waals surface area contributed by atoms with Crippen LogP contribution in [0.4, 0.5) is 0 Å². The van der Waals surface area contributed by atoms with Crippen molar-refractivity contribution in [2.24, 2.45) is 0 Å². The Bertz CT molecular complexity index is 583. The van der Waals surface area contributed by atoms with Gasteiger partial charge in [0.05, 0.1) is 13.2 Å². The molecule has 0 aliphatic heterocycles. The first-order valence-corrected chi connectivity index (χ1v) is 8.45. The van der Waals surface area contributed by atoms with Gasteiger partial charge in [-0.1, -0.05) is 36.2 Å². The van der Waals surface area contributed by atoms with Crippen molar-refractivity contribution in [3.05, 3.63) is 48.5 Å². The van der Waals surface area contributed by atoms with Crippen molar-refractivity contribution in [2.45, 2.75) is 13.0 Å². The maximum absolute atomic E-state index is 6.15. The van der Waals surface area contributed by atoms with Crippen LogP contribution in [0.25, 0.3) is 0 Å². The molecule has 20 heavy (non-hydrogen) atoms. The Balaban J connectivity index is 2.47. The molecular formula is C14H14BrCl2NOS. The van der Waals surface area contributed by atoms with Gasteiger partial charge in [-0.2, -0.15) is 0 Å². The van der Waals surface area contributed by atoms with E-state index in [2.05, 4.69) is 28.2 Å². The topological polar surface area (TPSA) is 21.3 Å². The molecule has 1 unspecified atom stereocenters. The SMILES string of the molecule is CCNC(c1cc(Br)c(Cl)s1)c1ccc(Cl)cc1OC. The van der Waals surface area contributed by atoms with E-state index in [1.54, 1.807) is 18.4 Å². The molecule has 0 spiro atoms. The Hall–Kier alpha value is -0.260. The Morgan fingerprint density at radius 2 is 2.10 bits per heavy atom. The van der Waals surface area contributed by atoms with Crippen molar-refractivity contribution in [1.29, 1.82) is 0 Å². The van der Waals surface area contributed by atoms with Crippen LogP contribution in [0.3, 0.4) is 0 Å². The van der Waals surface area contributed by atoms with Crippen LogP contribution in [0.15, 0.2) is 28.7 Å². The number of thiophene rings is 1. The molecule has 108 valence electrons. The summed E-state index contributed by atoms with van der Waals surface area (Å²) >= 11 is 17.2. The van der Waals surface area contributed by atoms with E-state index < -0.39 is 0 Å². The van der Waals surface area contributed by atoms with E-state index in [9.17, 15) is 0 Å². The molecule has 0 amide bonds. The van der Waals surface area contributed by atoms with Crippen molar-refractivity contribution in [3.8, 4) is 5.75 Å². The highest BCUT2D eigenvalue weighted by molar-refractivity contribution is 9.10. The second kappa shape index (κ2) is 7.14. The number of hydrogen-bond acceptors (Lipinski definition) is 3. The van der Waals surface area contributed by atoms with Crippen molar-refractivity contribution in [1.82, 2.24) is 5.32 Å². The summed E-state index contributed by atoms with van der Waals surface area (Å²) in [5.74, 6) is 0.768. The highest BCUT2D eigenvalue weighted by Crippen LogP contribution is 2.40. The summed E-state index contributed by atoms with van der Waals surface area (Å²) in [7, 11) is 1.65. The smallest absolute Gasteiger partial charge is 0.125 e. The number of hydrogen-bond donors (Lipinski definition) is 1. The standard InChI is InChI=1S/C14H14BrCl2NOS/c1-3-18-13(12-7-10(15)14(17)20-12)9-5-4-8(16)6-11(9)19-2/h4-7,13,18H,3H2,1-2H3. The molecule has 1 heterocycles. The lowest BCUT2D eigenvalue weighted by Crippen LogP contribution is -2.21. The van der Waals surface area contributed by atoms with Gasteiger partial charge in [0.2, 0.25) is 0 Å². The van der Waals surface area contributed by atoms with E-state index >= 15 is 0 Å². The minimum atomic E-state index is 0.0287. The molecule has 0 radical (unpaired) electrons. The number of methoxy groups -OCH3 is 1. The molecule has 6 heteroatoms. The summed E-state index contributed by atoms with van der Waals surface area (Å²) in [5, 5.41) is 4.12. The molecule has 2 aromatic rings. The number of halogens is 3. The van der Waals surface area contributed by atoms with Crippen LogP contribution in [0.2, 0.25) is 9.36 Å². The predicted molar refractivity (Wildman–Crippen MR) is 90.6 cm³/mol. The second-order valence-electron chi connectivity index (χ2n) is 4.15. The quantitative estimate of drug-likeness (QED) is 0.720. The van der Waals surface area contributed by atoms with Crippen LogP contribution in [0, 0.1) is 0 Å². The second-order valence-corrected chi connectivity index (χ2v) is 7.12. The van der Waals surface area contributed by atoms with Gasteiger partial charge in [-0.3, -0.25) is 0 Å². The maximum Gasteiger partial charge on any atom is 0.125 e. The first-order valence-electron chi connectivity index (χ1n) is 6.08. The lowest BCUT2D eigenvalue weighted by atomic mass is 10.0. The Labute approximate surface area is 141 Å². The van der Waals surface area contributed by atoms with Gasteiger partial charge in [0.25, 0.3) is 0 Å². The van der Waals surface area contributed by atoms with Crippen LogP contribution in [0.5, 0.6) is 5.75 Å². The summed E-state index contributed by atoms with van der Waals surface area (Å²) in [6.45, 7) is 2.91. The molecule has 1 atom stereocenters. The summed E-state index contributed by atoms with van der Waals surface area (Å²) < 4.78 is 7.11. The molecule has 1 aromatic carbocycles. The van der Waals surface area contributed by atoms with Crippen molar-refractivity contribution in [2.75, 3.05) is 13.7 Å². The summed E-state index contributed by atoms with van der Waals surface area (Å²) in [4.78, 5) is 1.13. The molecule has 0 fully saturated rings. The molecule has 1 aromatic heterocycles. The predicted octanol–water partition coefficient (Wildman–Crippen LogP) is 5.52. The average molecular weight is 395 g/mol. The Morgan fingerprint density at radius 3 is 2.65 bits per heavy atom. The van der Waals surface area contributed by atoms with Crippen LogP contribution in [0.1, 0.15) is 23.4 Å². The van der Waals surface area contributed by atoms with Gasteiger partial charge >= 0.3 is 0 Å². The highest BCUT2D eigenvalue weighted by Gasteiger charge is 2.20. The zero-order valence-corrected chi connectivity index (χ0v) is 15.0. The van der Waals surface area contributed by atoms with Crippen molar-refractivity contribution < 1.29 is 4.74 Å². The maximum atomic E-state index is 6.15. The van der Waals surface area contributed by atoms with E-state index in [1.165, 1.54) is 0 Å². The lowest BCUT2D eigenvalue weighted by Gasteiger charge is -2.19. The van der Waals surface area contributed by atoms with Gasteiger partial charge in [-0.15, -0.1) is 11.3 Å². The lowest BCUT2D eigenvalue weighted by molar-refractivity contribution is 0.405. The van der Waals surface area contributed by atoms with E-state index in [0.717, 1.165) is 31.5 Å². The zero-order valence-electron chi connectivity index (χ0n) is 11.0. The monoisotopic (exact) mass is 393 g/mol. The van der Waals surface area contributed by atoms with Gasteiger partial charge < -0.3 is 10.1 Å². The number of benzene rings is 1. The molecule has 1 N–H and O–H groups in total. The summed E-state index contributed by atoms with van der Waals surface area (Å²) in [6, 6.07) is 7.74. The summed E-state index contributed by atoms with van der Waals surface area (Å²) in [6.07, 6.45) is 0. The normalized spacial score (nSPS) is 12.4. The fourth-order valence-corrected chi connectivity index (χ4v) is 3.99. The minimum absolute atomic E-state index is 0.0287. The van der Waals surface area contributed by atoms with Crippen molar-refractivity contribution >= 4 is 50.5 Å². The van der Waals surface area contributed by atoms with Crippen LogP contribution < -0.4 is 10.1 Å². The number of nitrogens with one attached hydrogen (secondary N) is 1. The molecule has 2 rings (SSSR count). The van der Waals surface area contributed by atoms with Crippen LogP contribution >= 0.6 is 50.5 Å². The number of rotatable bonds is 5. The third-order valence-corrected chi connectivity index (χ3v) is 5.64. The highest BCUT2D eigenvalue weighted by atomic mass is 79.9. The molecule has 0 aliphatic carbocycles. The largest absolute Gasteiger partial charge is 0.496 e. The Kier molecular flexibility index (Phi) is 5.75. The minimum Gasteiger partial charge on any atom is -0.496 e. The van der Waals surface area contributed by atoms with E-state index in [-0.39, 0.29) is 6.04 Å². The Morgan fingerprint density at radius 1 is 1.35 bits per heavy atom. The van der Waals surface area contributed by atoms with Gasteiger partial charge in [0.1, 0.15) is 10.1 Å². The van der Waals surface area contributed by atoms with Gasteiger partial charge in [-0.05, 0) is 40.7 Å². The first kappa shape index (κ1) is 16.1. The molecule has 0 saturated heterocycles. The number of ether oxygens (including phenoxy) is 1. The molecular weight excluding hydrogens is 381 g/mol. The van der Waals surface area contributed by atoms with E-state index in [1.807, 2.05) is 24.3 Å². The molecule has 0 bridgehead atoms. The third-order valence-electron chi connectivity index (χ3n) is 2.86. The van der Waals surface area contributed by atoms with E-state index in [0.29, 0.717) is 5.02 Å². The molecule has 2 nitrogen and oxygen atoms in total. The van der Waals surface area contributed by atoms with Crippen LogP contribution in [-0.4, -0.2) is 13.7 Å². The summed E-state index contributed by atoms with van der Waals surface area (Å²) in [5.41, 5.74) is 1.05. The fraction of sp³-hybridized carbons (Fsp3) is 0.286.